The summed E-state index contributed by atoms with van der Waals surface area (Å²) in [4.78, 5) is 36.4. The van der Waals surface area contributed by atoms with E-state index in [1.165, 1.54) is 4.90 Å². The molecule has 0 aromatic heterocycles. The predicted molar refractivity (Wildman–Crippen MR) is 77.1 cm³/mol. The summed E-state index contributed by atoms with van der Waals surface area (Å²) in [6.45, 7) is 9.59. The lowest BCUT2D eigenvalue weighted by molar-refractivity contribution is -0.138. The molecule has 8 heteroatoms. The molecule has 2 N–H and O–H groups in total. The highest BCUT2D eigenvalue weighted by Crippen LogP contribution is 2.33. The molecule has 0 aromatic carbocycles. The molecular formula is C14H24N2O6. The Kier molecular flexibility index (Phi) is 5.06. The lowest BCUT2D eigenvalue weighted by Crippen LogP contribution is -2.55. The maximum absolute atomic E-state index is 12.4. The Labute approximate surface area is 129 Å². The summed E-state index contributed by atoms with van der Waals surface area (Å²) in [5, 5.41) is 10.9. The Hall–Kier alpha value is -1.83. The molecule has 1 fully saturated rings. The second-order valence-corrected chi connectivity index (χ2v) is 6.68. The van der Waals surface area contributed by atoms with E-state index in [1.807, 2.05) is 0 Å². The van der Waals surface area contributed by atoms with Crippen LogP contribution in [0.3, 0.4) is 0 Å². The first-order valence-electron chi connectivity index (χ1n) is 7.05. The molecule has 0 spiro atoms. The molecule has 1 saturated heterocycles. The van der Waals surface area contributed by atoms with Gasteiger partial charge in [0.1, 0.15) is 23.9 Å². The summed E-state index contributed by atoms with van der Waals surface area (Å²) in [6, 6.07) is -0.954. The number of hydrogen-bond acceptors (Lipinski definition) is 5. The Morgan fingerprint density at radius 1 is 1.32 bits per heavy atom. The zero-order valence-electron chi connectivity index (χ0n) is 13.8. The van der Waals surface area contributed by atoms with Crippen LogP contribution in [-0.2, 0) is 19.1 Å². The number of nitrogens with zero attached hydrogens (tertiary/aromatic N) is 1. The van der Waals surface area contributed by atoms with Crippen molar-refractivity contribution in [3.63, 3.8) is 0 Å². The van der Waals surface area contributed by atoms with Gasteiger partial charge in [-0.2, -0.15) is 0 Å². The SMILES string of the molecule is C[C@H]1OC(C)(C)N(C(=O)OC(C)(C)C)[C@@H]1C(=O)NCC(=O)O. The first-order chi connectivity index (χ1) is 9.85. The number of hydrogen-bond donors (Lipinski definition) is 2. The van der Waals surface area contributed by atoms with Crippen molar-refractivity contribution in [3.05, 3.63) is 0 Å². The first kappa shape index (κ1) is 18.2. The van der Waals surface area contributed by atoms with Gasteiger partial charge in [-0.15, -0.1) is 0 Å². The summed E-state index contributed by atoms with van der Waals surface area (Å²) in [5.74, 6) is -1.76. The molecule has 8 nitrogen and oxygen atoms in total. The second-order valence-electron chi connectivity index (χ2n) is 6.68. The van der Waals surface area contributed by atoms with Gasteiger partial charge in [0.05, 0.1) is 6.10 Å². The van der Waals surface area contributed by atoms with Crippen molar-refractivity contribution in [2.45, 2.75) is 65.0 Å². The highest BCUT2D eigenvalue weighted by atomic mass is 16.6. The first-order valence-corrected chi connectivity index (χ1v) is 7.05. The van der Waals surface area contributed by atoms with Crippen molar-refractivity contribution >= 4 is 18.0 Å². The quantitative estimate of drug-likeness (QED) is 0.803. The van der Waals surface area contributed by atoms with Gasteiger partial charge < -0.3 is 19.9 Å². The van der Waals surface area contributed by atoms with E-state index in [4.69, 9.17) is 14.6 Å². The van der Waals surface area contributed by atoms with Gasteiger partial charge in [-0.25, -0.2) is 4.79 Å². The predicted octanol–water partition coefficient (Wildman–Crippen LogP) is 0.948. The van der Waals surface area contributed by atoms with Crippen LogP contribution in [0.5, 0.6) is 0 Å². The molecule has 22 heavy (non-hydrogen) atoms. The van der Waals surface area contributed by atoms with Crippen molar-refractivity contribution in [3.8, 4) is 0 Å². The van der Waals surface area contributed by atoms with Gasteiger partial charge in [-0.1, -0.05) is 0 Å². The van der Waals surface area contributed by atoms with Crippen molar-refractivity contribution < 1.29 is 29.0 Å². The number of rotatable bonds is 3. The largest absolute Gasteiger partial charge is 0.480 e. The van der Waals surface area contributed by atoms with E-state index in [1.54, 1.807) is 41.5 Å². The molecule has 1 heterocycles. The van der Waals surface area contributed by atoms with Crippen LogP contribution in [0.2, 0.25) is 0 Å². The van der Waals surface area contributed by atoms with Gasteiger partial charge >= 0.3 is 12.1 Å². The Morgan fingerprint density at radius 3 is 2.32 bits per heavy atom. The number of aliphatic carboxylic acids is 1. The molecule has 0 unspecified atom stereocenters. The van der Waals surface area contributed by atoms with Gasteiger partial charge in [0.2, 0.25) is 5.91 Å². The molecular weight excluding hydrogens is 292 g/mol. The van der Waals surface area contributed by atoms with Crippen LogP contribution in [0.4, 0.5) is 4.79 Å². The average molecular weight is 316 g/mol. The minimum atomic E-state index is -1.16. The number of amides is 2. The Morgan fingerprint density at radius 2 is 1.86 bits per heavy atom. The number of carboxylic acids is 1. The van der Waals surface area contributed by atoms with E-state index in [0.717, 1.165) is 0 Å². The van der Waals surface area contributed by atoms with E-state index in [0.29, 0.717) is 0 Å². The summed E-state index contributed by atoms with van der Waals surface area (Å²) >= 11 is 0. The molecule has 0 aliphatic carbocycles. The molecule has 2 amide bonds. The smallest absolute Gasteiger partial charge is 0.413 e. The van der Waals surface area contributed by atoms with Gasteiger partial charge in [-0.3, -0.25) is 14.5 Å². The third kappa shape index (κ3) is 4.33. The summed E-state index contributed by atoms with van der Waals surface area (Å²) in [7, 11) is 0. The summed E-state index contributed by atoms with van der Waals surface area (Å²) in [5.41, 5.74) is -1.76. The normalized spacial score (nSPS) is 24.0. The second kappa shape index (κ2) is 6.12. The lowest BCUT2D eigenvalue weighted by Gasteiger charge is -2.34. The van der Waals surface area contributed by atoms with Crippen LogP contribution in [-0.4, -0.2) is 58.0 Å². The van der Waals surface area contributed by atoms with Crippen molar-refractivity contribution in [1.29, 1.82) is 0 Å². The monoisotopic (exact) mass is 316 g/mol. The maximum atomic E-state index is 12.4. The summed E-state index contributed by atoms with van der Waals surface area (Å²) in [6.07, 6.45) is -1.27. The van der Waals surface area contributed by atoms with E-state index in [-0.39, 0.29) is 0 Å². The fraction of sp³-hybridized carbons (Fsp3) is 0.786. The van der Waals surface area contributed by atoms with Gasteiger partial charge in [0.25, 0.3) is 0 Å². The molecule has 1 aliphatic heterocycles. The van der Waals surface area contributed by atoms with E-state index in [2.05, 4.69) is 5.32 Å². The van der Waals surface area contributed by atoms with Crippen molar-refractivity contribution in [1.82, 2.24) is 10.2 Å². The number of carbonyl (C=O) groups is 3. The number of carboxylic acid groups (broad SMARTS) is 1. The zero-order valence-corrected chi connectivity index (χ0v) is 13.8. The molecule has 0 saturated carbocycles. The van der Waals surface area contributed by atoms with Gasteiger partial charge in [0, 0.05) is 0 Å². The van der Waals surface area contributed by atoms with Crippen LogP contribution >= 0.6 is 0 Å². The number of carbonyl (C=O) groups excluding carboxylic acids is 2. The van der Waals surface area contributed by atoms with Gasteiger partial charge in [0.15, 0.2) is 0 Å². The van der Waals surface area contributed by atoms with Crippen molar-refractivity contribution in [2.75, 3.05) is 6.54 Å². The van der Waals surface area contributed by atoms with E-state index < -0.39 is 48.0 Å². The maximum Gasteiger partial charge on any atom is 0.413 e. The number of nitrogens with one attached hydrogen (secondary N) is 1. The van der Waals surface area contributed by atoms with Gasteiger partial charge in [-0.05, 0) is 41.5 Å². The third-order valence-electron chi connectivity index (χ3n) is 3.05. The van der Waals surface area contributed by atoms with Crippen LogP contribution < -0.4 is 5.32 Å². The molecule has 0 aromatic rings. The van der Waals surface area contributed by atoms with Crippen LogP contribution in [0, 0.1) is 0 Å². The number of ether oxygens (including phenoxy) is 2. The zero-order chi connectivity index (χ0) is 17.3. The topological polar surface area (TPSA) is 105 Å². The molecule has 2 atom stereocenters. The van der Waals surface area contributed by atoms with Crippen LogP contribution in [0.25, 0.3) is 0 Å². The van der Waals surface area contributed by atoms with Crippen molar-refractivity contribution in [2.24, 2.45) is 0 Å². The van der Waals surface area contributed by atoms with Crippen LogP contribution in [0.15, 0.2) is 0 Å². The highest BCUT2D eigenvalue weighted by Gasteiger charge is 2.52. The standard InChI is InChI=1S/C14H24N2O6/c1-8-10(11(19)15-7-9(17)18)16(14(5,6)21-8)12(20)22-13(2,3)4/h8,10H,7H2,1-6H3,(H,15,19)(H,17,18)/t8-,10+/m1/s1. The van der Waals surface area contributed by atoms with E-state index >= 15 is 0 Å². The molecule has 1 aliphatic rings. The average Bonchev–Trinajstić information content (AvgIpc) is 2.53. The Bertz CT molecular complexity index is 468. The minimum Gasteiger partial charge on any atom is -0.480 e. The third-order valence-corrected chi connectivity index (χ3v) is 3.05. The summed E-state index contributed by atoms with van der Waals surface area (Å²) < 4.78 is 11.0. The highest BCUT2D eigenvalue weighted by molar-refractivity contribution is 5.89. The van der Waals surface area contributed by atoms with E-state index in [9.17, 15) is 14.4 Å². The fourth-order valence-corrected chi connectivity index (χ4v) is 2.36. The molecule has 126 valence electrons. The molecule has 1 rings (SSSR count). The minimum absolute atomic E-state index is 0.523. The van der Waals surface area contributed by atoms with Crippen LogP contribution in [0.1, 0.15) is 41.5 Å². The lowest BCUT2D eigenvalue weighted by atomic mass is 10.1. The Balaban J connectivity index is 2.99. The fourth-order valence-electron chi connectivity index (χ4n) is 2.36. The molecule has 0 radical (unpaired) electrons. The molecule has 0 bridgehead atoms.